The van der Waals surface area contributed by atoms with Gasteiger partial charge in [-0.15, -0.1) is 5.10 Å². The van der Waals surface area contributed by atoms with Crippen LogP contribution in [-0.2, 0) is 16.0 Å². The third kappa shape index (κ3) is 6.02. The zero-order valence-electron chi connectivity index (χ0n) is 21.0. The van der Waals surface area contributed by atoms with Gasteiger partial charge in [-0.05, 0) is 52.7 Å². The van der Waals surface area contributed by atoms with Gasteiger partial charge in [0.05, 0.1) is 30.6 Å². The Morgan fingerprint density at radius 1 is 1.13 bits per heavy atom. The van der Waals surface area contributed by atoms with E-state index in [0.717, 1.165) is 6.07 Å². The summed E-state index contributed by atoms with van der Waals surface area (Å²) in [5.74, 6) is -1.82. The maximum absolute atomic E-state index is 14.3. The quantitative estimate of drug-likeness (QED) is 0.298. The van der Waals surface area contributed by atoms with E-state index in [0.29, 0.717) is 33.1 Å². The number of tetrazole rings is 1. The summed E-state index contributed by atoms with van der Waals surface area (Å²) in [7, 11) is 2.91. The summed E-state index contributed by atoms with van der Waals surface area (Å²) in [5.41, 5.74) is 6.21. The minimum Gasteiger partial charge on any atom is -0.495 e. The van der Waals surface area contributed by atoms with Gasteiger partial charge in [0.1, 0.15) is 17.9 Å². The smallest absolute Gasteiger partial charge is 0.252 e. The normalized spacial score (nSPS) is 11.8. The summed E-state index contributed by atoms with van der Waals surface area (Å²) in [6.45, 7) is 0.180. The molecule has 0 spiro atoms. The predicted octanol–water partition coefficient (Wildman–Crippen LogP) is 2.78. The summed E-state index contributed by atoms with van der Waals surface area (Å²) < 4.78 is 27.7. The lowest BCUT2D eigenvalue weighted by Crippen LogP contribution is -2.31. The molecule has 0 aliphatic heterocycles. The molecule has 11 nitrogen and oxygen atoms in total. The minimum absolute atomic E-state index is 0.173. The lowest BCUT2D eigenvalue weighted by atomic mass is 9.99. The first-order valence-electron chi connectivity index (χ1n) is 11.7. The number of ketones is 1. The third-order valence-corrected chi connectivity index (χ3v) is 6.32. The fourth-order valence-electron chi connectivity index (χ4n) is 4.21. The van der Waals surface area contributed by atoms with Crippen molar-refractivity contribution in [3.05, 3.63) is 87.3 Å². The molecule has 0 bridgehead atoms. The van der Waals surface area contributed by atoms with Crippen molar-refractivity contribution in [1.29, 1.82) is 0 Å². The number of hydrogen-bond acceptors (Lipinski definition) is 8. The van der Waals surface area contributed by atoms with Gasteiger partial charge < -0.3 is 19.8 Å². The molecule has 2 aromatic carbocycles. The molecule has 0 radical (unpaired) electrons. The zero-order chi connectivity index (χ0) is 28.1. The van der Waals surface area contributed by atoms with Crippen LogP contribution in [0.1, 0.15) is 28.4 Å². The van der Waals surface area contributed by atoms with Gasteiger partial charge in [0.25, 0.3) is 11.5 Å². The number of pyridine rings is 1. The van der Waals surface area contributed by atoms with Crippen molar-refractivity contribution < 1.29 is 23.5 Å². The van der Waals surface area contributed by atoms with Gasteiger partial charge in [0.2, 0.25) is 0 Å². The fourth-order valence-corrected chi connectivity index (χ4v) is 4.38. The number of nitrogens with two attached hydrogens (primary N) is 1. The molecule has 1 unspecified atom stereocenters. The van der Waals surface area contributed by atoms with E-state index in [-0.39, 0.29) is 30.8 Å². The Kier molecular flexibility index (Phi) is 8.47. The maximum atomic E-state index is 14.3. The van der Waals surface area contributed by atoms with Crippen LogP contribution in [0.15, 0.2) is 59.8 Å². The number of nitrogens with zero attached hydrogens (tertiary/aromatic N) is 5. The molecule has 0 fully saturated rings. The molecule has 13 heteroatoms. The van der Waals surface area contributed by atoms with E-state index in [1.165, 1.54) is 54.2 Å². The number of carbonyl (C=O) groups excluding carboxylic acids is 2. The van der Waals surface area contributed by atoms with Crippen molar-refractivity contribution in [2.24, 2.45) is 5.73 Å². The van der Waals surface area contributed by atoms with Gasteiger partial charge >= 0.3 is 0 Å². The number of Topliss-reactive ketones (excluding diaryl/α,β-unsaturated/α-hetero) is 1. The second kappa shape index (κ2) is 12.0. The lowest BCUT2D eigenvalue weighted by molar-refractivity contribution is -0.122. The van der Waals surface area contributed by atoms with E-state index in [1.807, 2.05) is 0 Å². The van der Waals surface area contributed by atoms with Gasteiger partial charge in [-0.1, -0.05) is 17.7 Å². The molecule has 2 aromatic heterocycles. The van der Waals surface area contributed by atoms with Gasteiger partial charge in [0.15, 0.2) is 5.78 Å². The number of rotatable bonds is 11. The molecular weight excluding hydrogens is 531 g/mol. The first kappa shape index (κ1) is 27.6. The summed E-state index contributed by atoms with van der Waals surface area (Å²) in [6.07, 6.45) is 2.82. The van der Waals surface area contributed by atoms with Gasteiger partial charge in [0, 0.05) is 42.4 Å². The molecular formula is C26H24ClFN6O5. The number of amides is 1. The van der Waals surface area contributed by atoms with Gasteiger partial charge in [-0.2, -0.15) is 4.68 Å². The summed E-state index contributed by atoms with van der Waals surface area (Å²) >= 11 is 6.26. The molecule has 2 N–H and O–H groups in total. The largest absolute Gasteiger partial charge is 0.495 e. The molecule has 4 rings (SSSR count). The number of ether oxygens (including phenoxy) is 2. The van der Waals surface area contributed by atoms with Crippen LogP contribution in [0.4, 0.5) is 4.39 Å². The Hall–Kier alpha value is -4.42. The fraction of sp³-hybridized carbons (Fsp3) is 0.231. The van der Waals surface area contributed by atoms with Crippen LogP contribution >= 0.6 is 11.6 Å². The number of halogens is 2. The first-order valence-corrected chi connectivity index (χ1v) is 12.0. The third-order valence-electron chi connectivity index (χ3n) is 6.09. The number of carbonyl (C=O) groups is 2. The second-order valence-corrected chi connectivity index (χ2v) is 8.97. The summed E-state index contributed by atoms with van der Waals surface area (Å²) in [5, 5.41) is 11.7. The molecule has 2 heterocycles. The van der Waals surface area contributed by atoms with Crippen molar-refractivity contribution >= 4 is 23.3 Å². The molecule has 0 saturated carbocycles. The van der Waals surface area contributed by atoms with Crippen LogP contribution < -0.4 is 16.0 Å². The molecule has 202 valence electrons. The van der Waals surface area contributed by atoms with Crippen molar-refractivity contribution in [2.75, 3.05) is 20.8 Å². The maximum Gasteiger partial charge on any atom is 0.252 e. The van der Waals surface area contributed by atoms with E-state index in [4.69, 9.17) is 26.8 Å². The highest BCUT2D eigenvalue weighted by Crippen LogP contribution is 2.35. The standard InChI is InChI=1S/C26H24ClFN6O5/c1-38-8-7-22(23(35)10-15-3-5-17(26(29)37)20(28)9-15)33-13-24(39-2)19(12-25(33)36)18-11-16(27)4-6-21(18)34-14-30-31-32-34/h3-6,9,11-14,22H,7-8,10H2,1-2H3,(H2,29,37). The van der Waals surface area contributed by atoms with Crippen LogP contribution in [0.2, 0.25) is 5.02 Å². The van der Waals surface area contributed by atoms with Crippen molar-refractivity contribution in [3.8, 4) is 22.6 Å². The Bertz CT molecular complexity index is 1570. The molecule has 0 saturated heterocycles. The minimum atomic E-state index is -0.947. The van der Waals surface area contributed by atoms with Crippen LogP contribution in [0.25, 0.3) is 16.8 Å². The first-order chi connectivity index (χ1) is 18.7. The van der Waals surface area contributed by atoms with E-state index in [2.05, 4.69) is 15.5 Å². The van der Waals surface area contributed by atoms with Crippen LogP contribution in [-0.4, -0.2) is 57.3 Å². The van der Waals surface area contributed by atoms with Crippen molar-refractivity contribution in [3.63, 3.8) is 0 Å². The van der Waals surface area contributed by atoms with Crippen LogP contribution in [0.3, 0.4) is 0 Å². The second-order valence-electron chi connectivity index (χ2n) is 8.54. The van der Waals surface area contributed by atoms with Crippen LogP contribution in [0, 0.1) is 5.82 Å². The molecule has 0 aliphatic carbocycles. The van der Waals surface area contributed by atoms with Crippen molar-refractivity contribution in [2.45, 2.75) is 18.9 Å². The predicted molar refractivity (Wildman–Crippen MR) is 140 cm³/mol. The van der Waals surface area contributed by atoms with E-state index >= 15 is 0 Å². The Morgan fingerprint density at radius 3 is 2.56 bits per heavy atom. The number of methoxy groups -OCH3 is 2. The number of hydrogen-bond donors (Lipinski definition) is 1. The number of aromatic nitrogens is 5. The van der Waals surface area contributed by atoms with Crippen molar-refractivity contribution in [1.82, 2.24) is 24.8 Å². The topological polar surface area (TPSA) is 144 Å². The van der Waals surface area contributed by atoms with E-state index < -0.39 is 23.3 Å². The highest BCUT2D eigenvalue weighted by atomic mass is 35.5. The Labute approximate surface area is 226 Å². The number of benzene rings is 2. The molecule has 0 aliphatic rings. The number of primary amides is 1. The molecule has 4 aromatic rings. The average molecular weight is 555 g/mol. The lowest BCUT2D eigenvalue weighted by Gasteiger charge is -2.21. The molecule has 39 heavy (non-hydrogen) atoms. The Morgan fingerprint density at radius 2 is 1.92 bits per heavy atom. The van der Waals surface area contributed by atoms with Crippen LogP contribution in [0.5, 0.6) is 5.75 Å². The highest BCUT2D eigenvalue weighted by molar-refractivity contribution is 6.31. The van der Waals surface area contributed by atoms with Gasteiger partial charge in [-0.25, -0.2) is 4.39 Å². The summed E-state index contributed by atoms with van der Waals surface area (Å²) in [4.78, 5) is 38.2. The zero-order valence-corrected chi connectivity index (χ0v) is 21.8. The van der Waals surface area contributed by atoms with E-state index in [1.54, 1.807) is 18.2 Å². The Balaban J connectivity index is 1.75. The average Bonchev–Trinajstić information content (AvgIpc) is 3.44. The summed E-state index contributed by atoms with van der Waals surface area (Å²) in [6, 6.07) is 9.16. The highest BCUT2D eigenvalue weighted by Gasteiger charge is 2.25. The SMILES string of the molecule is COCCC(C(=O)Cc1ccc(C(N)=O)c(F)c1)n1cc(OC)c(-c2cc(Cl)ccc2-n2cnnn2)cc1=O. The monoisotopic (exact) mass is 554 g/mol. The van der Waals surface area contributed by atoms with Gasteiger partial charge in [-0.3, -0.25) is 14.4 Å². The molecule has 1 amide bonds. The molecule has 1 atom stereocenters. The van der Waals surface area contributed by atoms with E-state index in [9.17, 15) is 18.8 Å².